The van der Waals surface area contributed by atoms with Crippen molar-refractivity contribution in [3.8, 4) is 0 Å². The van der Waals surface area contributed by atoms with Crippen LogP contribution in [0.15, 0.2) is 30.3 Å². The molecule has 0 spiro atoms. The van der Waals surface area contributed by atoms with Crippen LogP contribution >= 0.6 is 0 Å². The van der Waals surface area contributed by atoms with Gasteiger partial charge in [-0.25, -0.2) is 0 Å². The van der Waals surface area contributed by atoms with Gasteiger partial charge >= 0.3 is 0 Å². The first-order chi connectivity index (χ1) is 6.84. The number of benzene rings is 1. The molecule has 1 atom stereocenters. The van der Waals surface area contributed by atoms with Gasteiger partial charge in [-0.1, -0.05) is 50.6 Å². The van der Waals surface area contributed by atoms with Crippen LogP contribution in [0.1, 0.15) is 38.2 Å². The fraction of sp³-hybridized carbons (Fsp3) is 0.538. The first-order valence-electron chi connectivity index (χ1n) is 5.60. The normalized spacial score (nSPS) is 12.7. The Morgan fingerprint density at radius 1 is 1.21 bits per heavy atom. The minimum atomic E-state index is 0.619. The van der Waals surface area contributed by atoms with Gasteiger partial charge in [0.2, 0.25) is 0 Å². The minimum absolute atomic E-state index is 0.619. The van der Waals surface area contributed by atoms with Crippen LogP contribution in [0.3, 0.4) is 0 Å². The molecule has 1 aromatic rings. The van der Waals surface area contributed by atoms with E-state index in [0.29, 0.717) is 5.92 Å². The maximum atomic E-state index is 3.48. The standard InChI is InChI=1S/C13H21N/c1-3-4-10-14-11-12(2)13-8-6-5-7-9-13/h5-9,12,14H,3-4,10-11H2,1-2H3/t12-/m1/s1. The smallest absolute Gasteiger partial charge is 0.00174 e. The van der Waals surface area contributed by atoms with Gasteiger partial charge in [0.15, 0.2) is 0 Å². The summed E-state index contributed by atoms with van der Waals surface area (Å²) >= 11 is 0. The van der Waals surface area contributed by atoms with Gasteiger partial charge in [-0.2, -0.15) is 0 Å². The summed E-state index contributed by atoms with van der Waals surface area (Å²) in [6.45, 7) is 6.73. The molecular formula is C13H21N. The summed E-state index contributed by atoms with van der Waals surface area (Å²) in [5.41, 5.74) is 1.43. The highest BCUT2D eigenvalue weighted by atomic mass is 14.8. The van der Waals surface area contributed by atoms with E-state index in [4.69, 9.17) is 0 Å². The second-order valence-corrected chi connectivity index (χ2v) is 3.87. The lowest BCUT2D eigenvalue weighted by Crippen LogP contribution is -2.21. The minimum Gasteiger partial charge on any atom is -0.316 e. The van der Waals surface area contributed by atoms with Crippen molar-refractivity contribution in [2.75, 3.05) is 13.1 Å². The predicted octanol–water partition coefficient (Wildman–Crippen LogP) is 3.18. The van der Waals surface area contributed by atoms with E-state index < -0.39 is 0 Å². The first kappa shape index (κ1) is 11.3. The van der Waals surface area contributed by atoms with E-state index >= 15 is 0 Å². The van der Waals surface area contributed by atoms with Crippen LogP contribution in [0.25, 0.3) is 0 Å². The molecule has 78 valence electrons. The highest BCUT2D eigenvalue weighted by Crippen LogP contribution is 2.12. The molecule has 1 rings (SSSR count). The lowest BCUT2D eigenvalue weighted by molar-refractivity contribution is 0.591. The maximum absolute atomic E-state index is 3.48. The Hall–Kier alpha value is -0.820. The molecule has 0 bridgehead atoms. The molecule has 1 aromatic carbocycles. The number of nitrogens with one attached hydrogen (secondary N) is 1. The Labute approximate surface area is 87.5 Å². The van der Waals surface area contributed by atoms with Gasteiger partial charge < -0.3 is 5.32 Å². The average Bonchev–Trinajstić information content (AvgIpc) is 2.25. The van der Waals surface area contributed by atoms with Gasteiger partial charge in [-0.05, 0) is 24.4 Å². The van der Waals surface area contributed by atoms with Gasteiger partial charge in [0.25, 0.3) is 0 Å². The third-order valence-electron chi connectivity index (χ3n) is 2.53. The van der Waals surface area contributed by atoms with Crippen molar-refractivity contribution < 1.29 is 0 Å². The molecule has 0 aliphatic rings. The van der Waals surface area contributed by atoms with E-state index in [1.807, 2.05) is 0 Å². The fourth-order valence-corrected chi connectivity index (χ4v) is 1.52. The Kier molecular flexibility index (Phi) is 5.31. The summed E-state index contributed by atoms with van der Waals surface area (Å²) in [5, 5.41) is 3.48. The SMILES string of the molecule is CCCCNC[C@@H](C)c1ccccc1. The summed E-state index contributed by atoms with van der Waals surface area (Å²) in [4.78, 5) is 0. The molecule has 0 unspecified atom stereocenters. The number of hydrogen-bond donors (Lipinski definition) is 1. The van der Waals surface area contributed by atoms with Crippen LogP contribution in [0.5, 0.6) is 0 Å². The molecule has 1 heteroatoms. The van der Waals surface area contributed by atoms with Crippen molar-refractivity contribution in [1.82, 2.24) is 5.32 Å². The predicted molar refractivity (Wildman–Crippen MR) is 62.6 cm³/mol. The summed E-state index contributed by atoms with van der Waals surface area (Å²) in [7, 11) is 0. The highest BCUT2D eigenvalue weighted by Gasteiger charge is 2.02. The monoisotopic (exact) mass is 191 g/mol. The van der Waals surface area contributed by atoms with E-state index in [1.165, 1.54) is 18.4 Å². The van der Waals surface area contributed by atoms with Gasteiger partial charge in [0, 0.05) is 6.54 Å². The maximum Gasteiger partial charge on any atom is 0.00174 e. The highest BCUT2D eigenvalue weighted by molar-refractivity contribution is 5.18. The van der Waals surface area contributed by atoms with Crippen LogP contribution in [0.2, 0.25) is 0 Å². The van der Waals surface area contributed by atoms with Crippen molar-refractivity contribution in [2.24, 2.45) is 0 Å². The second-order valence-electron chi connectivity index (χ2n) is 3.87. The van der Waals surface area contributed by atoms with Gasteiger partial charge in [-0.15, -0.1) is 0 Å². The Morgan fingerprint density at radius 2 is 1.93 bits per heavy atom. The molecule has 0 aromatic heterocycles. The Morgan fingerprint density at radius 3 is 2.57 bits per heavy atom. The van der Waals surface area contributed by atoms with Crippen molar-refractivity contribution in [1.29, 1.82) is 0 Å². The summed E-state index contributed by atoms with van der Waals surface area (Å²) < 4.78 is 0. The molecule has 1 N–H and O–H groups in total. The molecular weight excluding hydrogens is 170 g/mol. The summed E-state index contributed by atoms with van der Waals surface area (Å²) in [6.07, 6.45) is 2.55. The van der Waals surface area contributed by atoms with Crippen LogP contribution in [0.4, 0.5) is 0 Å². The van der Waals surface area contributed by atoms with Gasteiger partial charge in [0.05, 0.1) is 0 Å². The summed E-state index contributed by atoms with van der Waals surface area (Å²) in [6, 6.07) is 10.7. The van der Waals surface area contributed by atoms with Crippen molar-refractivity contribution >= 4 is 0 Å². The quantitative estimate of drug-likeness (QED) is 0.681. The summed E-state index contributed by atoms with van der Waals surface area (Å²) in [5.74, 6) is 0.619. The third kappa shape index (κ3) is 3.93. The van der Waals surface area contributed by atoms with E-state index in [2.05, 4.69) is 49.5 Å². The molecule has 0 saturated heterocycles. The first-order valence-corrected chi connectivity index (χ1v) is 5.60. The number of unbranched alkanes of at least 4 members (excludes halogenated alkanes) is 1. The van der Waals surface area contributed by atoms with Crippen molar-refractivity contribution in [3.63, 3.8) is 0 Å². The number of hydrogen-bond acceptors (Lipinski definition) is 1. The molecule has 0 radical (unpaired) electrons. The fourth-order valence-electron chi connectivity index (χ4n) is 1.52. The van der Waals surface area contributed by atoms with Crippen LogP contribution in [-0.4, -0.2) is 13.1 Å². The Bertz CT molecular complexity index is 230. The van der Waals surface area contributed by atoms with E-state index in [1.54, 1.807) is 0 Å². The lowest BCUT2D eigenvalue weighted by atomic mass is 10.0. The van der Waals surface area contributed by atoms with Crippen molar-refractivity contribution in [3.05, 3.63) is 35.9 Å². The molecule has 14 heavy (non-hydrogen) atoms. The number of rotatable bonds is 6. The third-order valence-corrected chi connectivity index (χ3v) is 2.53. The van der Waals surface area contributed by atoms with E-state index in [0.717, 1.165) is 13.1 Å². The second kappa shape index (κ2) is 6.61. The molecule has 0 fully saturated rings. The molecule has 0 aliphatic heterocycles. The van der Waals surface area contributed by atoms with Crippen LogP contribution in [0, 0.1) is 0 Å². The zero-order chi connectivity index (χ0) is 10.2. The van der Waals surface area contributed by atoms with E-state index in [9.17, 15) is 0 Å². The zero-order valence-electron chi connectivity index (χ0n) is 9.29. The topological polar surface area (TPSA) is 12.0 Å². The van der Waals surface area contributed by atoms with Crippen LogP contribution < -0.4 is 5.32 Å². The zero-order valence-corrected chi connectivity index (χ0v) is 9.29. The van der Waals surface area contributed by atoms with Crippen LogP contribution in [-0.2, 0) is 0 Å². The molecule has 1 nitrogen and oxygen atoms in total. The lowest BCUT2D eigenvalue weighted by Gasteiger charge is -2.12. The van der Waals surface area contributed by atoms with Gasteiger partial charge in [-0.3, -0.25) is 0 Å². The average molecular weight is 191 g/mol. The largest absolute Gasteiger partial charge is 0.316 e. The molecule has 0 heterocycles. The molecule has 0 aliphatic carbocycles. The molecule has 0 amide bonds. The van der Waals surface area contributed by atoms with Gasteiger partial charge in [0.1, 0.15) is 0 Å². The van der Waals surface area contributed by atoms with Crippen molar-refractivity contribution in [2.45, 2.75) is 32.6 Å². The molecule has 0 saturated carbocycles. The van der Waals surface area contributed by atoms with E-state index in [-0.39, 0.29) is 0 Å². The Balaban J connectivity index is 2.25.